The van der Waals surface area contributed by atoms with Gasteiger partial charge in [0.25, 0.3) is 0 Å². The molecule has 1 atom stereocenters. The number of likely N-dealkylation sites (tertiary alicyclic amines) is 1. The second-order valence-corrected chi connectivity index (χ2v) is 8.25. The monoisotopic (exact) mass is 441 g/mol. The molecule has 160 valence electrons. The summed E-state index contributed by atoms with van der Waals surface area (Å²) < 4.78 is 21.8. The van der Waals surface area contributed by atoms with Crippen molar-refractivity contribution in [2.24, 2.45) is 12.1 Å². The molecule has 2 aliphatic rings. The lowest BCUT2D eigenvalue weighted by atomic mass is 10.1. The number of urea groups is 1. The third-order valence-electron chi connectivity index (χ3n) is 5.42. The second-order valence-electron chi connectivity index (χ2n) is 7.53. The highest BCUT2D eigenvalue weighted by Crippen LogP contribution is 2.31. The zero-order valence-electron chi connectivity index (χ0n) is 17.0. The smallest absolute Gasteiger partial charge is 0.341 e. The normalized spacial score (nSPS) is 18.5. The first kappa shape index (κ1) is 19.6. The quantitative estimate of drug-likeness (QED) is 0.621. The molecule has 1 unspecified atom stereocenters. The standard InChI is InChI=1S/C20H20FN7O2S/c1-12-6-25-26(2)19(12)15-5-18(14(21)7-22-15)30-13-8-27(9-13)20(29)28-17(3-4-24-28)16-10-31-11-23-16/h4-7,10-11,13,17H,3,8-9H2,1-2H3. The molecule has 0 saturated carbocycles. The van der Waals surface area contributed by atoms with Crippen molar-refractivity contribution in [2.45, 2.75) is 25.5 Å². The number of halogens is 1. The SMILES string of the molecule is Cc1cnn(C)c1-c1cc(OC2CN(C(=O)N3N=CCC3c3cscn3)C2)c(F)cn1. The van der Waals surface area contributed by atoms with E-state index in [4.69, 9.17) is 4.74 Å². The lowest BCUT2D eigenvalue weighted by Gasteiger charge is -2.40. The van der Waals surface area contributed by atoms with Gasteiger partial charge in [0, 0.05) is 31.1 Å². The number of ether oxygens (including phenoxy) is 1. The first-order valence-corrected chi connectivity index (χ1v) is 10.8. The van der Waals surface area contributed by atoms with Crippen molar-refractivity contribution in [2.75, 3.05) is 13.1 Å². The molecule has 3 aromatic rings. The molecule has 0 aliphatic carbocycles. The van der Waals surface area contributed by atoms with E-state index in [1.54, 1.807) is 33.6 Å². The zero-order valence-corrected chi connectivity index (χ0v) is 17.8. The third kappa shape index (κ3) is 3.54. The van der Waals surface area contributed by atoms with Gasteiger partial charge < -0.3 is 9.64 Å². The fourth-order valence-electron chi connectivity index (χ4n) is 3.78. The Balaban J connectivity index is 1.24. The van der Waals surface area contributed by atoms with E-state index < -0.39 is 5.82 Å². The molecule has 1 saturated heterocycles. The van der Waals surface area contributed by atoms with Gasteiger partial charge in [-0.1, -0.05) is 0 Å². The van der Waals surface area contributed by atoms with Crippen LogP contribution in [0.15, 0.2) is 34.5 Å². The molecule has 0 aromatic carbocycles. The van der Waals surface area contributed by atoms with E-state index in [0.29, 0.717) is 25.2 Å². The molecule has 5 heterocycles. The van der Waals surface area contributed by atoms with Crippen LogP contribution < -0.4 is 4.74 Å². The number of hydrogen-bond donors (Lipinski definition) is 0. The third-order valence-corrected chi connectivity index (χ3v) is 6.02. The van der Waals surface area contributed by atoms with Crippen LogP contribution in [0.2, 0.25) is 0 Å². The van der Waals surface area contributed by atoms with Crippen LogP contribution in [-0.4, -0.2) is 61.1 Å². The van der Waals surface area contributed by atoms with Gasteiger partial charge in [0.15, 0.2) is 11.6 Å². The number of nitrogens with zero attached hydrogens (tertiary/aromatic N) is 7. The fourth-order valence-corrected chi connectivity index (χ4v) is 4.38. The number of aryl methyl sites for hydroxylation is 2. The van der Waals surface area contributed by atoms with Crippen LogP contribution >= 0.6 is 11.3 Å². The van der Waals surface area contributed by atoms with Crippen molar-refractivity contribution in [1.29, 1.82) is 0 Å². The van der Waals surface area contributed by atoms with Gasteiger partial charge in [-0.3, -0.25) is 9.67 Å². The molecule has 2 aliphatic heterocycles. The van der Waals surface area contributed by atoms with E-state index >= 15 is 0 Å². The number of pyridine rings is 1. The van der Waals surface area contributed by atoms with Crippen molar-refractivity contribution < 1.29 is 13.9 Å². The molecule has 0 spiro atoms. The fraction of sp³-hybridized carbons (Fsp3) is 0.350. The molecule has 0 N–H and O–H groups in total. The summed E-state index contributed by atoms with van der Waals surface area (Å²) in [6.45, 7) is 2.63. The summed E-state index contributed by atoms with van der Waals surface area (Å²) in [7, 11) is 1.81. The minimum Gasteiger partial charge on any atom is -0.483 e. The highest BCUT2D eigenvalue weighted by Gasteiger charge is 2.39. The Bertz CT molecular complexity index is 1120. The summed E-state index contributed by atoms with van der Waals surface area (Å²) in [4.78, 5) is 23.0. The first-order chi connectivity index (χ1) is 15.0. The molecule has 9 nitrogen and oxygen atoms in total. The van der Waals surface area contributed by atoms with Crippen LogP contribution in [0.25, 0.3) is 11.4 Å². The Morgan fingerprint density at radius 1 is 1.29 bits per heavy atom. The molecular formula is C20H20FN7O2S. The zero-order chi connectivity index (χ0) is 21.5. The number of thiazole rings is 1. The topological polar surface area (TPSA) is 88.7 Å². The average molecular weight is 441 g/mol. The van der Waals surface area contributed by atoms with Crippen molar-refractivity contribution in [3.63, 3.8) is 0 Å². The number of hydrogen-bond acceptors (Lipinski definition) is 7. The molecule has 31 heavy (non-hydrogen) atoms. The summed E-state index contributed by atoms with van der Waals surface area (Å²) in [6, 6.07) is 1.20. The summed E-state index contributed by atoms with van der Waals surface area (Å²) in [5.74, 6) is -0.427. The molecule has 1 fully saturated rings. The lowest BCUT2D eigenvalue weighted by molar-refractivity contribution is 0.0255. The van der Waals surface area contributed by atoms with Gasteiger partial charge in [-0.05, 0) is 12.5 Å². The maximum atomic E-state index is 14.3. The summed E-state index contributed by atoms with van der Waals surface area (Å²) in [5, 5.41) is 11.8. The van der Waals surface area contributed by atoms with Gasteiger partial charge in [-0.25, -0.2) is 19.2 Å². The van der Waals surface area contributed by atoms with Crippen molar-refractivity contribution in [3.05, 3.63) is 46.4 Å². The van der Waals surface area contributed by atoms with Crippen LogP contribution in [-0.2, 0) is 7.05 Å². The van der Waals surface area contributed by atoms with Gasteiger partial charge in [-0.15, -0.1) is 11.3 Å². The van der Waals surface area contributed by atoms with Crippen LogP contribution in [0, 0.1) is 12.7 Å². The predicted molar refractivity (Wildman–Crippen MR) is 112 cm³/mol. The largest absolute Gasteiger partial charge is 0.483 e. The highest BCUT2D eigenvalue weighted by atomic mass is 32.1. The van der Waals surface area contributed by atoms with Crippen LogP contribution in [0.3, 0.4) is 0 Å². The van der Waals surface area contributed by atoms with Crippen LogP contribution in [0.1, 0.15) is 23.7 Å². The number of hydrazone groups is 1. The van der Waals surface area contributed by atoms with E-state index in [2.05, 4.69) is 20.2 Å². The highest BCUT2D eigenvalue weighted by molar-refractivity contribution is 7.07. The maximum Gasteiger partial charge on any atom is 0.341 e. The van der Waals surface area contributed by atoms with Gasteiger partial charge in [0.2, 0.25) is 0 Å². The number of carbonyl (C=O) groups excluding carboxylic acids is 1. The number of aromatic nitrogens is 4. The average Bonchev–Trinajstić information content (AvgIpc) is 3.46. The van der Waals surface area contributed by atoms with Crippen LogP contribution in [0.5, 0.6) is 5.75 Å². The van der Waals surface area contributed by atoms with Gasteiger partial charge in [0.1, 0.15) is 12.1 Å². The number of amides is 2. The van der Waals surface area contributed by atoms with Gasteiger partial charge in [0.05, 0.1) is 48.1 Å². The Morgan fingerprint density at radius 2 is 2.13 bits per heavy atom. The van der Waals surface area contributed by atoms with E-state index in [1.165, 1.54) is 16.3 Å². The minimum absolute atomic E-state index is 0.113. The Hall–Kier alpha value is -3.34. The Kier molecular flexibility index (Phi) is 4.89. The predicted octanol–water partition coefficient (Wildman–Crippen LogP) is 3.00. The molecule has 0 radical (unpaired) electrons. The van der Waals surface area contributed by atoms with Gasteiger partial charge in [-0.2, -0.15) is 10.2 Å². The van der Waals surface area contributed by atoms with E-state index in [1.807, 2.05) is 19.4 Å². The Morgan fingerprint density at radius 3 is 2.84 bits per heavy atom. The Labute approximate surface area is 181 Å². The molecule has 0 bridgehead atoms. The van der Waals surface area contributed by atoms with E-state index in [0.717, 1.165) is 23.1 Å². The maximum absolute atomic E-state index is 14.3. The summed E-state index contributed by atoms with van der Waals surface area (Å²) >= 11 is 1.49. The van der Waals surface area contributed by atoms with Crippen LogP contribution in [0.4, 0.5) is 9.18 Å². The number of rotatable bonds is 4. The molecular weight excluding hydrogens is 421 g/mol. The molecule has 5 rings (SSSR count). The van der Waals surface area contributed by atoms with Crippen molar-refractivity contribution >= 4 is 23.6 Å². The van der Waals surface area contributed by atoms with Crippen molar-refractivity contribution in [3.8, 4) is 17.1 Å². The van der Waals surface area contributed by atoms with Gasteiger partial charge >= 0.3 is 6.03 Å². The molecule has 11 heteroatoms. The second kappa shape index (κ2) is 7.73. The minimum atomic E-state index is -0.541. The van der Waals surface area contributed by atoms with E-state index in [9.17, 15) is 9.18 Å². The lowest BCUT2D eigenvalue weighted by Crippen LogP contribution is -2.58. The van der Waals surface area contributed by atoms with E-state index in [-0.39, 0.29) is 23.9 Å². The molecule has 3 aromatic heterocycles. The van der Waals surface area contributed by atoms with Crippen molar-refractivity contribution in [1.82, 2.24) is 29.7 Å². The number of carbonyl (C=O) groups is 1. The first-order valence-electron chi connectivity index (χ1n) is 9.81. The summed E-state index contributed by atoms with van der Waals surface area (Å²) in [6.07, 6.45) is 4.95. The molecule has 2 amide bonds. The summed E-state index contributed by atoms with van der Waals surface area (Å²) in [5.41, 5.74) is 4.90.